The summed E-state index contributed by atoms with van der Waals surface area (Å²) >= 11 is 0. The lowest BCUT2D eigenvalue weighted by atomic mass is 10.0. The van der Waals surface area contributed by atoms with Crippen molar-refractivity contribution in [3.05, 3.63) is 30.4 Å². The van der Waals surface area contributed by atoms with E-state index >= 15 is 0 Å². The molecular formula is C13H14N6O2. The Morgan fingerprint density at radius 2 is 2.43 bits per heavy atom. The quantitative estimate of drug-likeness (QED) is 0.859. The van der Waals surface area contributed by atoms with Crippen molar-refractivity contribution in [1.29, 1.82) is 0 Å². The highest BCUT2D eigenvalue weighted by atomic mass is 16.2. The van der Waals surface area contributed by atoms with Crippen molar-refractivity contribution < 1.29 is 9.59 Å². The van der Waals surface area contributed by atoms with Crippen LogP contribution in [-0.2, 0) is 16.1 Å². The van der Waals surface area contributed by atoms with Gasteiger partial charge in [0, 0.05) is 12.6 Å². The Kier molecular flexibility index (Phi) is 3.35. The molecule has 0 aromatic carbocycles. The van der Waals surface area contributed by atoms with Crippen molar-refractivity contribution in [3.63, 3.8) is 0 Å². The zero-order chi connectivity index (χ0) is 14.8. The first kappa shape index (κ1) is 13.2. The van der Waals surface area contributed by atoms with Crippen molar-refractivity contribution in [3.8, 4) is 0 Å². The first-order valence-electron chi connectivity index (χ1n) is 6.54. The van der Waals surface area contributed by atoms with Crippen LogP contribution in [0.4, 0.5) is 11.6 Å². The molecular weight excluding hydrogens is 272 g/mol. The summed E-state index contributed by atoms with van der Waals surface area (Å²) in [6.07, 6.45) is 3.26. The summed E-state index contributed by atoms with van der Waals surface area (Å²) in [5.41, 5.74) is 0.607. The topological polar surface area (TPSA) is 102 Å². The molecule has 0 bridgehead atoms. The summed E-state index contributed by atoms with van der Waals surface area (Å²) in [6, 6.07) is 3.47. The first-order valence-corrected chi connectivity index (χ1v) is 6.54. The lowest BCUT2D eigenvalue weighted by Crippen LogP contribution is -2.36. The SMILES string of the molecule is Cc1nc2n(n1)C[C@H](CC(=O)Nc1cccnc1)C(=O)N2. The average Bonchev–Trinajstić information content (AvgIpc) is 2.79. The number of carbonyl (C=O) groups excluding carboxylic acids is 2. The number of pyridine rings is 1. The van der Waals surface area contributed by atoms with E-state index in [9.17, 15) is 9.59 Å². The second kappa shape index (κ2) is 5.31. The fourth-order valence-electron chi connectivity index (χ4n) is 2.21. The number of anilines is 2. The Labute approximate surface area is 120 Å². The summed E-state index contributed by atoms with van der Waals surface area (Å²) < 4.78 is 1.61. The minimum absolute atomic E-state index is 0.0824. The second-order valence-corrected chi connectivity index (χ2v) is 4.84. The van der Waals surface area contributed by atoms with Gasteiger partial charge in [-0.3, -0.25) is 19.9 Å². The van der Waals surface area contributed by atoms with Crippen LogP contribution in [0.5, 0.6) is 0 Å². The molecule has 8 heteroatoms. The molecule has 8 nitrogen and oxygen atoms in total. The number of nitrogens with one attached hydrogen (secondary N) is 2. The Balaban J connectivity index is 1.65. The average molecular weight is 286 g/mol. The molecule has 108 valence electrons. The summed E-state index contributed by atoms with van der Waals surface area (Å²) in [6.45, 7) is 2.10. The van der Waals surface area contributed by atoms with Crippen molar-refractivity contribution >= 4 is 23.5 Å². The van der Waals surface area contributed by atoms with Crippen LogP contribution in [0.3, 0.4) is 0 Å². The first-order chi connectivity index (χ1) is 10.1. The van der Waals surface area contributed by atoms with Crippen LogP contribution in [0, 0.1) is 12.8 Å². The minimum atomic E-state index is -0.463. The number of hydrogen-bond acceptors (Lipinski definition) is 5. The molecule has 2 amide bonds. The lowest BCUT2D eigenvalue weighted by molar-refractivity contribution is -0.125. The molecule has 0 unspecified atom stereocenters. The zero-order valence-corrected chi connectivity index (χ0v) is 11.4. The molecule has 0 saturated carbocycles. The fraction of sp³-hybridized carbons (Fsp3) is 0.308. The van der Waals surface area contributed by atoms with Crippen LogP contribution < -0.4 is 10.6 Å². The van der Waals surface area contributed by atoms with E-state index in [2.05, 4.69) is 25.7 Å². The molecule has 0 saturated heterocycles. The molecule has 3 rings (SSSR count). The molecule has 3 heterocycles. The van der Waals surface area contributed by atoms with Crippen LogP contribution in [0.2, 0.25) is 0 Å². The number of fused-ring (bicyclic) bond motifs is 1. The monoisotopic (exact) mass is 286 g/mol. The maximum Gasteiger partial charge on any atom is 0.232 e. The van der Waals surface area contributed by atoms with Gasteiger partial charge in [-0.15, -0.1) is 0 Å². The van der Waals surface area contributed by atoms with Gasteiger partial charge in [0.15, 0.2) is 0 Å². The normalized spacial score (nSPS) is 17.0. The van der Waals surface area contributed by atoms with Crippen LogP contribution >= 0.6 is 0 Å². The molecule has 0 aliphatic carbocycles. The van der Waals surface area contributed by atoms with Gasteiger partial charge in [0.25, 0.3) is 0 Å². The van der Waals surface area contributed by atoms with Crippen molar-refractivity contribution in [1.82, 2.24) is 19.7 Å². The molecule has 2 N–H and O–H groups in total. The molecule has 1 aliphatic heterocycles. The molecule has 2 aromatic rings. The van der Waals surface area contributed by atoms with E-state index in [0.29, 0.717) is 24.0 Å². The van der Waals surface area contributed by atoms with E-state index < -0.39 is 5.92 Å². The maximum atomic E-state index is 12.0. The van der Waals surface area contributed by atoms with E-state index in [0.717, 1.165) is 0 Å². The molecule has 2 aromatic heterocycles. The predicted molar refractivity (Wildman–Crippen MR) is 74.4 cm³/mol. The van der Waals surface area contributed by atoms with Gasteiger partial charge in [-0.05, 0) is 19.1 Å². The van der Waals surface area contributed by atoms with Gasteiger partial charge in [0.2, 0.25) is 17.8 Å². The van der Waals surface area contributed by atoms with Gasteiger partial charge < -0.3 is 5.32 Å². The minimum Gasteiger partial charge on any atom is -0.325 e. The largest absolute Gasteiger partial charge is 0.325 e. The molecule has 1 aliphatic rings. The number of carbonyl (C=O) groups is 2. The zero-order valence-electron chi connectivity index (χ0n) is 11.4. The fourth-order valence-corrected chi connectivity index (χ4v) is 2.21. The smallest absolute Gasteiger partial charge is 0.232 e. The molecule has 0 spiro atoms. The van der Waals surface area contributed by atoms with Crippen molar-refractivity contribution in [2.24, 2.45) is 5.92 Å². The third-order valence-electron chi connectivity index (χ3n) is 3.15. The van der Waals surface area contributed by atoms with Gasteiger partial charge >= 0.3 is 0 Å². The highest BCUT2D eigenvalue weighted by Crippen LogP contribution is 2.19. The highest BCUT2D eigenvalue weighted by Gasteiger charge is 2.29. The number of aryl methyl sites for hydroxylation is 1. The number of nitrogens with zero attached hydrogens (tertiary/aromatic N) is 4. The third kappa shape index (κ3) is 2.88. The van der Waals surface area contributed by atoms with Crippen LogP contribution in [-0.4, -0.2) is 31.6 Å². The Bertz CT molecular complexity index is 681. The van der Waals surface area contributed by atoms with Crippen LogP contribution in [0.1, 0.15) is 12.2 Å². The van der Waals surface area contributed by atoms with E-state index in [4.69, 9.17) is 0 Å². The maximum absolute atomic E-state index is 12.0. The molecule has 0 fully saturated rings. The Hall–Kier alpha value is -2.77. The van der Waals surface area contributed by atoms with Gasteiger partial charge in [0.05, 0.1) is 24.3 Å². The molecule has 0 radical (unpaired) electrons. The van der Waals surface area contributed by atoms with Gasteiger partial charge in [-0.1, -0.05) is 0 Å². The number of amides is 2. The number of rotatable bonds is 3. The summed E-state index contributed by atoms with van der Waals surface area (Å²) in [5.74, 6) is 0.113. The highest BCUT2D eigenvalue weighted by molar-refractivity contribution is 5.98. The lowest BCUT2D eigenvalue weighted by Gasteiger charge is -2.21. The Morgan fingerprint density at radius 1 is 1.57 bits per heavy atom. The summed E-state index contributed by atoms with van der Waals surface area (Å²) in [5, 5.41) is 9.55. The summed E-state index contributed by atoms with van der Waals surface area (Å²) in [4.78, 5) is 32.0. The number of aromatic nitrogens is 4. The van der Waals surface area contributed by atoms with Crippen molar-refractivity contribution in [2.45, 2.75) is 19.9 Å². The molecule has 1 atom stereocenters. The van der Waals surface area contributed by atoms with E-state index in [1.54, 1.807) is 36.1 Å². The van der Waals surface area contributed by atoms with E-state index in [1.807, 2.05) is 0 Å². The van der Waals surface area contributed by atoms with Crippen LogP contribution in [0.15, 0.2) is 24.5 Å². The number of hydrogen-bond donors (Lipinski definition) is 2. The molecule has 21 heavy (non-hydrogen) atoms. The van der Waals surface area contributed by atoms with E-state index in [1.165, 1.54) is 0 Å². The van der Waals surface area contributed by atoms with Gasteiger partial charge in [0.1, 0.15) is 5.82 Å². The second-order valence-electron chi connectivity index (χ2n) is 4.84. The standard InChI is InChI=1S/C13H14N6O2/c1-8-15-13-17-12(21)9(7-19(13)18-8)5-11(20)16-10-3-2-4-14-6-10/h2-4,6,9H,5,7H2,1H3,(H,16,20)(H,15,17,18,21)/t9-/m0/s1. The predicted octanol–water partition coefficient (Wildman–Crippen LogP) is 0.579. The summed E-state index contributed by atoms with van der Waals surface area (Å²) in [7, 11) is 0. The Morgan fingerprint density at radius 3 is 3.19 bits per heavy atom. The third-order valence-corrected chi connectivity index (χ3v) is 3.15. The van der Waals surface area contributed by atoms with Crippen molar-refractivity contribution in [2.75, 3.05) is 10.6 Å². The van der Waals surface area contributed by atoms with E-state index in [-0.39, 0.29) is 18.2 Å². The van der Waals surface area contributed by atoms with Crippen LogP contribution in [0.25, 0.3) is 0 Å². The van der Waals surface area contributed by atoms with Gasteiger partial charge in [-0.2, -0.15) is 10.1 Å². The van der Waals surface area contributed by atoms with Gasteiger partial charge in [-0.25, -0.2) is 4.68 Å².